The summed E-state index contributed by atoms with van der Waals surface area (Å²) in [5, 5.41) is 12.8. The molecular weight excluding hydrogens is 220 g/mol. The fraction of sp³-hybridized carbons (Fsp3) is 0.167. The average Bonchev–Trinajstić information content (AvgIpc) is 2.73. The van der Waals surface area contributed by atoms with Gasteiger partial charge in [-0.2, -0.15) is 5.10 Å². The van der Waals surface area contributed by atoms with Crippen molar-refractivity contribution in [1.29, 1.82) is 0 Å². The van der Waals surface area contributed by atoms with Gasteiger partial charge in [0.15, 0.2) is 0 Å². The van der Waals surface area contributed by atoms with Gasteiger partial charge in [-0.25, -0.2) is 4.79 Å². The van der Waals surface area contributed by atoms with Crippen LogP contribution in [0.1, 0.15) is 15.9 Å². The third-order valence-corrected chi connectivity index (χ3v) is 2.24. The highest BCUT2D eigenvalue weighted by Gasteiger charge is 2.04. The van der Waals surface area contributed by atoms with Crippen molar-refractivity contribution in [2.75, 3.05) is 0 Å². The van der Waals surface area contributed by atoms with Gasteiger partial charge in [0.05, 0.1) is 11.8 Å². The highest BCUT2D eigenvalue weighted by atomic mass is 16.5. The zero-order chi connectivity index (χ0) is 12.3. The van der Waals surface area contributed by atoms with Crippen molar-refractivity contribution in [2.45, 2.75) is 6.61 Å². The lowest BCUT2D eigenvalue weighted by Gasteiger charge is -2.04. The molecule has 88 valence electrons. The van der Waals surface area contributed by atoms with E-state index in [0.717, 1.165) is 5.56 Å². The molecule has 0 radical (unpaired) electrons. The lowest BCUT2D eigenvalue weighted by atomic mass is 10.2. The summed E-state index contributed by atoms with van der Waals surface area (Å²) in [4.78, 5) is 10.8. The Morgan fingerprint density at radius 1 is 1.53 bits per heavy atom. The summed E-state index contributed by atoms with van der Waals surface area (Å²) in [6.45, 7) is 0.372. The van der Waals surface area contributed by atoms with Gasteiger partial charge in [-0.15, -0.1) is 0 Å². The largest absolute Gasteiger partial charge is 0.489 e. The van der Waals surface area contributed by atoms with Gasteiger partial charge in [-0.05, 0) is 18.2 Å². The van der Waals surface area contributed by atoms with Crippen LogP contribution in [0.25, 0.3) is 0 Å². The predicted octanol–water partition coefficient (Wildman–Crippen LogP) is 1.70. The Morgan fingerprint density at radius 3 is 3.00 bits per heavy atom. The Kier molecular flexibility index (Phi) is 3.09. The summed E-state index contributed by atoms with van der Waals surface area (Å²) in [7, 11) is 1.83. The number of hydrogen-bond donors (Lipinski definition) is 1. The molecule has 0 saturated carbocycles. The number of benzene rings is 1. The maximum Gasteiger partial charge on any atom is 0.335 e. The fourth-order valence-electron chi connectivity index (χ4n) is 1.43. The molecule has 2 aromatic rings. The molecule has 0 bridgehead atoms. The van der Waals surface area contributed by atoms with Gasteiger partial charge >= 0.3 is 5.97 Å². The molecule has 5 nitrogen and oxygen atoms in total. The summed E-state index contributed by atoms with van der Waals surface area (Å²) < 4.78 is 7.17. The molecule has 0 aliphatic rings. The van der Waals surface area contributed by atoms with E-state index in [0.29, 0.717) is 12.4 Å². The van der Waals surface area contributed by atoms with Crippen LogP contribution in [0.2, 0.25) is 0 Å². The van der Waals surface area contributed by atoms with Gasteiger partial charge in [0, 0.05) is 18.8 Å². The van der Waals surface area contributed by atoms with Crippen LogP contribution >= 0.6 is 0 Å². The molecule has 5 heteroatoms. The molecule has 0 amide bonds. The average molecular weight is 232 g/mol. The van der Waals surface area contributed by atoms with E-state index in [1.54, 1.807) is 23.0 Å². The Bertz CT molecular complexity index is 534. The highest BCUT2D eigenvalue weighted by Crippen LogP contribution is 2.14. The van der Waals surface area contributed by atoms with Crippen LogP contribution in [-0.4, -0.2) is 20.9 Å². The number of aromatic carboxylic acids is 1. The summed E-state index contributed by atoms with van der Waals surface area (Å²) in [6.07, 6.45) is 3.56. The topological polar surface area (TPSA) is 64.3 Å². The van der Waals surface area contributed by atoms with Gasteiger partial charge in [0.2, 0.25) is 0 Å². The third-order valence-electron chi connectivity index (χ3n) is 2.24. The summed E-state index contributed by atoms with van der Waals surface area (Å²) >= 11 is 0. The van der Waals surface area contributed by atoms with Crippen molar-refractivity contribution in [3.63, 3.8) is 0 Å². The van der Waals surface area contributed by atoms with Gasteiger partial charge in [-0.1, -0.05) is 6.07 Å². The minimum atomic E-state index is -0.961. The summed E-state index contributed by atoms with van der Waals surface area (Å²) in [6, 6.07) is 6.41. The molecule has 1 N–H and O–H groups in total. The minimum absolute atomic E-state index is 0.216. The maximum absolute atomic E-state index is 10.8. The number of nitrogens with zero attached hydrogens (tertiary/aromatic N) is 2. The first-order valence-corrected chi connectivity index (χ1v) is 5.09. The Hall–Kier alpha value is -2.30. The second-order valence-electron chi connectivity index (χ2n) is 3.64. The smallest absolute Gasteiger partial charge is 0.335 e. The van der Waals surface area contributed by atoms with Crippen molar-refractivity contribution >= 4 is 5.97 Å². The molecular formula is C12H12N2O3. The quantitative estimate of drug-likeness (QED) is 0.871. The number of carboxylic acid groups (broad SMARTS) is 1. The molecule has 1 heterocycles. The normalized spacial score (nSPS) is 10.2. The van der Waals surface area contributed by atoms with Crippen LogP contribution < -0.4 is 4.74 Å². The molecule has 0 aliphatic heterocycles. The fourth-order valence-corrected chi connectivity index (χ4v) is 1.43. The van der Waals surface area contributed by atoms with Crippen molar-refractivity contribution in [3.8, 4) is 5.75 Å². The van der Waals surface area contributed by atoms with E-state index in [4.69, 9.17) is 9.84 Å². The summed E-state index contributed by atoms with van der Waals surface area (Å²) in [5.41, 5.74) is 1.15. The van der Waals surface area contributed by atoms with Crippen LogP contribution in [0, 0.1) is 0 Å². The van der Waals surface area contributed by atoms with Crippen LogP contribution in [0.4, 0.5) is 0 Å². The number of aryl methyl sites for hydroxylation is 1. The second-order valence-corrected chi connectivity index (χ2v) is 3.64. The van der Waals surface area contributed by atoms with Crippen LogP contribution in [0.15, 0.2) is 36.7 Å². The molecule has 0 atom stereocenters. The Labute approximate surface area is 98.3 Å². The molecule has 1 aromatic heterocycles. The first-order valence-electron chi connectivity index (χ1n) is 5.09. The minimum Gasteiger partial charge on any atom is -0.489 e. The monoisotopic (exact) mass is 232 g/mol. The second kappa shape index (κ2) is 4.69. The predicted molar refractivity (Wildman–Crippen MR) is 60.9 cm³/mol. The van der Waals surface area contributed by atoms with Crippen LogP contribution in [-0.2, 0) is 13.7 Å². The molecule has 0 aliphatic carbocycles. The first-order chi connectivity index (χ1) is 8.15. The number of ether oxygens (including phenoxy) is 1. The van der Waals surface area contributed by atoms with Gasteiger partial charge in [-0.3, -0.25) is 4.68 Å². The summed E-state index contributed by atoms with van der Waals surface area (Å²) in [5.74, 6) is -0.425. The molecule has 0 fully saturated rings. The standard InChI is InChI=1S/C12H12N2O3/c1-14-7-9(6-13-14)8-17-11-4-2-3-10(5-11)12(15)16/h2-7H,8H2,1H3,(H,15,16). The highest BCUT2D eigenvalue weighted by molar-refractivity contribution is 5.87. The van der Waals surface area contributed by atoms with Gasteiger partial charge in [0.25, 0.3) is 0 Å². The maximum atomic E-state index is 10.8. The molecule has 0 saturated heterocycles. The lowest BCUT2D eigenvalue weighted by Crippen LogP contribution is -1.98. The number of carbonyl (C=O) groups is 1. The Morgan fingerprint density at radius 2 is 2.35 bits per heavy atom. The van der Waals surface area contributed by atoms with Crippen molar-refractivity contribution in [3.05, 3.63) is 47.8 Å². The van der Waals surface area contributed by atoms with Gasteiger partial charge in [0.1, 0.15) is 12.4 Å². The van der Waals surface area contributed by atoms with E-state index in [9.17, 15) is 4.79 Å². The molecule has 0 unspecified atom stereocenters. The molecule has 17 heavy (non-hydrogen) atoms. The zero-order valence-corrected chi connectivity index (χ0v) is 9.33. The van der Waals surface area contributed by atoms with Crippen molar-refractivity contribution < 1.29 is 14.6 Å². The number of rotatable bonds is 4. The SMILES string of the molecule is Cn1cc(COc2cccc(C(=O)O)c2)cn1. The molecule has 1 aromatic carbocycles. The zero-order valence-electron chi connectivity index (χ0n) is 9.33. The number of hydrogen-bond acceptors (Lipinski definition) is 3. The van der Waals surface area contributed by atoms with Gasteiger partial charge < -0.3 is 9.84 Å². The molecule has 0 spiro atoms. The molecule has 2 rings (SSSR count). The van der Waals surface area contributed by atoms with Crippen molar-refractivity contribution in [2.24, 2.45) is 7.05 Å². The van der Waals surface area contributed by atoms with E-state index in [2.05, 4.69) is 5.10 Å². The first kappa shape index (κ1) is 11.2. The van der Waals surface area contributed by atoms with E-state index in [1.165, 1.54) is 12.1 Å². The van der Waals surface area contributed by atoms with E-state index >= 15 is 0 Å². The van der Waals surface area contributed by atoms with E-state index in [-0.39, 0.29) is 5.56 Å². The van der Waals surface area contributed by atoms with E-state index < -0.39 is 5.97 Å². The van der Waals surface area contributed by atoms with Crippen LogP contribution in [0.5, 0.6) is 5.75 Å². The van der Waals surface area contributed by atoms with E-state index in [1.807, 2.05) is 13.2 Å². The van der Waals surface area contributed by atoms with Crippen molar-refractivity contribution in [1.82, 2.24) is 9.78 Å². The Balaban J connectivity index is 2.04. The lowest BCUT2D eigenvalue weighted by molar-refractivity contribution is 0.0696. The number of aromatic nitrogens is 2. The van der Waals surface area contributed by atoms with Crippen LogP contribution in [0.3, 0.4) is 0 Å². The third kappa shape index (κ3) is 2.84. The number of carboxylic acids is 1.